The SMILES string of the molecule is CSC1(C#N)CCN(C(=O)C2CCC2)CC1. The molecule has 0 atom stereocenters. The van der Waals surface area contributed by atoms with Gasteiger partial charge in [0.1, 0.15) is 4.75 Å². The molecule has 2 aliphatic rings. The Morgan fingerprint density at radius 3 is 2.44 bits per heavy atom. The van der Waals surface area contributed by atoms with E-state index in [1.54, 1.807) is 11.8 Å². The van der Waals surface area contributed by atoms with Crippen LogP contribution in [0.2, 0.25) is 0 Å². The molecule has 88 valence electrons. The average Bonchev–Trinajstić information content (AvgIpc) is 2.27. The Morgan fingerprint density at radius 1 is 1.44 bits per heavy atom. The fourth-order valence-electron chi connectivity index (χ4n) is 2.36. The van der Waals surface area contributed by atoms with E-state index >= 15 is 0 Å². The quantitative estimate of drug-likeness (QED) is 0.739. The maximum absolute atomic E-state index is 12.0. The molecule has 1 amide bonds. The van der Waals surface area contributed by atoms with Gasteiger partial charge in [0.05, 0.1) is 6.07 Å². The van der Waals surface area contributed by atoms with Crippen molar-refractivity contribution in [2.75, 3.05) is 19.3 Å². The lowest BCUT2D eigenvalue weighted by atomic mass is 9.83. The van der Waals surface area contributed by atoms with Crippen LogP contribution in [-0.2, 0) is 4.79 Å². The van der Waals surface area contributed by atoms with E-state index in [2.05, 4.69) is 6.07 Å². The Bertz CT molecular complexity index is 311. The van der Waals surface area contributed by atoms with E-state index in [9.17, 15) is 4.79 Å². The van der Waals surface area contributed by atoms with Crippen LogP contribution < -0.4 is 0 Å². The minimum Gasteiger partial charge on any atom is -0.342 e. The highest BCUT2D eigenvalue weighted by molar-refractivity contribution is 8.00. The van der Waals surface area contributed by atoms with E-state index < -0.39 is 0 Å². The minimum absolute atomic E-state index is 0.240. The smallest absolute Gasteiger partial charge is 0.225 e. The molecule has 1 aliphatic heterocycles. The Hall–Kier alpha value is -0.690. The first-order valence-corrected chi connectivity index (χ1v) is 7.18. The van der Waals surface area contributed by atoms with Gasteiger partial charge in [0.15, 0.2) is 0 Å². The zero-order valence-electron chi connectivity index (χ0n) is 9.74. The van der Waals surface area contributed by atoms with E-state index in [1.165, 1.54) is 6.42 Å². The summed E-state index contributed by atoms with van der Waals surface area (Å²) >= 11 is 1.64. The molecule has 2 rings (SSSR count). The first-order valence-electron chi connectivity index (χ1n) is 5.96. The third-order valence-corrected chi connectivity index (χ3v) is 5.21. The maximum atomic E-state index is 12.0. The highest BCUT2D eigenvalue weighted by Crippen LogP contribution is 2.35. The number of nitrogens with zero attached hydrogens (tertiary/aromatic N) is 2. The van der Waals surface area contributed by atoms with Crippen molar-refractivity contribution in [1.29, 1.82) is 5.26 Å². The highest BCUT2D eigenvalue weighted by atomic mass is 32.2. The number of piperidine rings is 1. The minimum atomic E-state index is -0.240. The van der Waals surface area contributed by atoms with Crippen molar-refractivity contribution in [3.8, 4) is 6.07 Å². The van der Waals surface area contributed by atoms with Gasteiger partial charge < -0.3 is 4.90 Å². The van der Waals surface area contributed by atoms with Crippen molar-refractivity contribution in [3.05, 3.63) is 0 Å². The first-order chi connectivity index (χ1) is 7.71. The van der Waals surface area contributed by atoms with E-state index in [-0.39, 0.29) is 4.75 Å². The second-order valence-electron chi connectivity index (χ2n) is 4.76. The monoisotopic (exact) mass is 238 g/mol. The molecule has 0 spiro atoms. The molecule has 0 aromatic heterocycles. The molecule has 0 aromatic rings. The Labute approximate surface area is 101 Å². The molecular weight excluding hydrogens is 220 g/mol. The summed E-state index contributed by atoms with van der Waals surface area (Å²) in [4.78, 5) is 14.0. The van der Waals surface area contributed by atoms with Crippen LogP contribution in [0.4, 0.5) is 0 Å². The Morgan fingerprint density at radius 2 is 2.06 bits per heavy atom. The number of thioether (sulfide) groups is 1. The molecule has 3 nitrogen and oxygen atoms in total. The van der Waals surface area contributed by atoms with E-state index in [0.29, 0.717) is 11.8 Å². The molecule has 1 aliphatic carbocycles. The number of hydrogen-bond acceptors (Lipinski definition) is 3. The van der Waals surface area contributed by atoms with Gasteiger partial charge in [-0.15, -0.1) is 11.8 Å². The topological polar surface area (TPSA) is 44.1 Å². The standard InChI is InChI=1S/C12H18N2OS/c1-16-12(9-13)5-7-14(8-6-12)11(15)10-3-2-4-10/h10H,2-8H2,1H3. The van der Waals surface area contributed by atoms with Crippen LogP contribution >= 0.6 is 11.8 Å². The van der Waals surface area contributed by atoms with Gasteiger partial charge in [-0.05, 0) is 31.9 Å². The molecule has 0 N–H and O–H groups in total. The van der Waals surface area contributed by atoms with E-state index in [4.69, 9.17) is 5.26 Å². The molecular formula is C12H18N2OS. The molecule has 0 aromatic carbocycles. The fraction of sp³-hybridized carbons (Fsp3) is 0.833. The lowest BCUT2D eigenvalue weighted by Gasteiger charge is -2.39. The normalized spacial score (nSPS) is 24.6. The summed E-state index contributed by atoms with van der Waals surface area (Å²) in [5, 5.41) is 9.16. The van der Waals surface area contributed by atoms with Crippen molar-refractivity contribution >= 4 is 17.7 Å². The van der Waals surface area contributed by atoms with Gasteiger partial charge >= 0.3 is 0 Å². The third kappa shape index (κ3) is 2.06. The van der Waals surface area contributed by atoms with Gasteiger partial charge in [0.25, 0.3) is 0 Å². The predicted octanol–water partition coefficient (Wildman–Crippen LogP) is 2.03. The predicted molar refractivity (Wildman–Crippen MR) is 65.0 cm³/mol. The second-order valence-corrected chi connectivity index (χ2v) is 5.95. The van der Waals surface area contributed by atoms with Crippen molar-refractivity contribution in [2.45, 2.75) is 36.9 Å². The Balaban J connectivity index is 1.89. The van der Waals surface area contributed by atoms with Gasteiger partial charge in [-0.3, -0.25) is 4.79 Å². The summed E-state index contributed by atoms with van der Waals surface area (Å²) in [5.74, 6) is 0.628. The van der Waals surface area contributed by atoms with Crippen LogP contribution in [0.15, 0.2) is 0 Å². The number of hydrogen-bond donors (Lipinski definition) is 0. The molecule has 16 heavy (non-hydrogen) atoms. The first kappa shape index (κ1) is 11.8. The molecule has 1 saturated heterocycles. The summed E-state index contributed by atoms with van der Waals surface area (Å²) < 4.78 is -0.240. The van der Waals surface area contributed by atoms with Crippen LogP contribution in [-0.4, -0.2) is 34.9 Å². The molecule has 1 heterocycles. The van der Waals surface area contributed by atoms with Crippen LogP contribution in [0.5, 0.6) is 0 Å². The number of likely N-dealkylation sites (tertiary alicyclic amines) is 1. The zero-order valence-corrected chi connectivity index (χ0v) is 10.6. The van der Waals surface area contributed by atoms with Crippen LogP contribution in [0.25, 0.3) is 0 Å². The van der Waals surface area contributed by atoms with E-state index in [1.807, 2.05) is 11.2 Å². The molecule has 0 radical (unpaired) electrons. The second kappa shape index (κ2) is 4.67. The number of carbonyl (C=O) groups excluding carboxylic acids is 1. The van der Waals surface area contributed by atoms with Crippen LogP contribution in [0.3, 0.4) is 0 Å². The average molecular weight is 238 g/mol. The largest absolute Gasteiger partial charge is 0.342 e. The maximum Gasteiger partial charge on any atom is 0.225 e. The number of rotatable bonds is 2. The number of nitriles is 1. The zero-order chi connectivity index (χ0) is 11.6. The lowest BCUT2D eigenvalue weighted by Crippen LogP contribution is -2.47. The van der Waals surface area contributed by atoms with Gasteiger partial charge in [-0.1, -0.05) is 6.42 Å². The van der Waals surface area contributed by atoms with Crippen molar-refractivity contribution in [1.82, 2.24) is 4.90 Å². The van der Waals surface area contributed by atoms with Crippen molar-refractivity contribution in [3.63, 3.8) is 0 Å². The summed E-state index contributed by atoms with van der Waals surface area (Å²) in [5.41, 5.74) is 0. The summed E-state index contributed by atoms with van der Waals surface area (Å²) in [6.07, 6.45) is 6.98. The lowest BCUT2D eigenvalue weighted by molar-refractivity contribution is -0.139. The Kier molecular flexibility index (Phi) is 3.44. The van der Waals surface area contributed by atoms with Gasteiger partial charge in [0, 0.05) is 19.0 Å². The molecule has 0 unspecified atom stereocenters. The van der Waals surface area contributed by atoms with Crippen molar-refractivity contribution in [2.24, 2.45) is 5.92 Å². The third-order valence-electron chi connectivity index (χ3n) is 3.93. The molecule has 2 fully saturated rings. The molecule has 4 heteroatoms. The van der Waals surface area contributed by atoms with Gasteiger partial charge in [-0.25, -0.2) is 0 Å². The van der Waals surface area contributed by atoms with Crippen LogP contribution in [0, 0.1) is 17.2 Å². The summed E-state index contributed by atoms with van der Waals surface area (Å²) in [7, 11) is 0. The highest BCUT2D eigenvalue weighted by Gasteiger charge is 2.37. The van der Waals surface area contributed by atoms with E-state index in [0.717, 1.165) is 38.8 Å². The molecule has 1 saturated carbocycles. The number of carbonyl (C=O) groups is 1. The van der Waals surface area contributed by atoms with Crippen LogP contribution in [0.1, 0.15) is 32.1 Å². The number of amides is 1. The summed E-state index contributed by atoms with van der Waals surface area (Å²) in [6, 6.07) is 2.41. The van der Waals surface area contributed by atoms with Gasteiger partial charge in [-0.2, -0.15) is 5.26 Å². The molecule has 0 bridgehead atoms. The van der Waals surface area contributed by atoms with Crippen molar-refractivity contribution < 1.29 is 4.79 Å². The fourth-order valence-corrected chi connectivity index (χ4v) is 3.05. The summed E-state index contributed by atoms with van der Waals surface area (Å²) in [6.45, 7) is 1.54. The van der Waals surface area contributed by atoms with Gasteiger partial charge in [0.2, 0.25) is 5.91 Å².